The summed E-state index contributed by atoms with van der Waals surface area (Å²) in [6.45, 7) is 0. The summed E-state index contributed by atoms with van der Waals surface area (Å²) in [5.41, 5.74) is 5.23. The third kappa shape index (κ3) is 4.38. The topological polar surface area (TPSA) is 79.3 Å². The van der Waals surface area contributed by atoms with Crippen molar-refractivity contribution < 1.29 is 24.2 Å². The number of hydrogen-bond donors (Lipinski definition) is 1. The predicted octanol–water partition coefficient (Wildman–Crippen LogP) is 5.27. The van der Waals surface area contributed by atoms with Crippen LogP contribution >= 0.6 is 0 Å². The Hall–Kier alpha value is -4.26. The Bertz CT molecular complexity index is 1420. The zero-order valence-corrected chi connectivity index (χ0v) is 22.2. The van der Waals surface area contributed by atoms with Crippen LogP contribution in [0.1, 0.15) is 41.1 Å². The Kier molecular flexibility index (Phi) is 6.85. The minimum Gasteiger partial charge on any atom is -0.507 e. The number of hydrogen-bond acceptors (Lipinski definition) is 6. The molecule has 1 unspecified atom stereocenters. The van der Waals surface area contributed by atoms with E-state index in [1.54, 1.807) is 18.2 Å². The van der Waals surface area contributed by atoms with Gasteiger partial charge in [0.2, 0.25) is 0 Å². The summed E-state index contributed by atoms with van der Waals surface area (Å²) in [6.07, 6.45) is 4.20. The second-order valence-electron chi connectivity index (χ2n) is 9.88. The lowest BCUT2D eigenvalue weighted by Gasteiger charge is -2.26. The van der Waals surface area contributed by atoms with Crippen LogP contribution in [0.15, 0.2) is 66.2 Å². The van der Waals surface area contributed by atoms with Gasteiger partial charge in [0.1, 0.15) is 5.76 Å². The van der Waals surface area contributed by atoms with E-state index in [2.05, 4.69) is 0 Å². The fraction of sp³-hybridized carbons (Fsp3) is 0.290. The van der Waals surface area contributed by atoms with Crippen LogP contribution in [-0.2, 0) is 22.4 Å². The van der Waals surface area contributed by atoms with Crippen molar-refractivity contribution in [3.63, 3.8) is 0 Å². The number of aryl methyl sites for hydroxylation is 2. The SMILES string of the molecule is COc1ccc(N2C(=O)C(=O)/C(=C(\O)c3ccc4c(c3)CCCC4)C2c2ccc(N(C)C)cc2)cc1OC. The van der Waals surface area contributed by atoms with Crippen LogP contribution in [0.25, 0.3) is 5.76 Å². The van der Waals surface area contributed by atoms with E-state index in [4.69, 9.17) is 9.47 Å². The van der Waals surface area contributed by atoms with Crippen LogP contribution < -0.4 is 19.3 Å². The minimum absolute atomic E-state index is 0.0677. The smallest absolute Gasteiger partial charge is 0.300 e. The van der Waals surface area contributed by atoms with Crippen molar-refractivity contribution in [3.8, 4) is 11.5 Å². The maximum Gasteiger partial charge on any atom is 0.300 e. The zero-order chi connectivity index (χ0) is 27.0. The molecular formula is C31H32N2O5. The third-order valence-corrected chi connectivity index (χ3v) is 7.44. The minimum atomic E-state index is -0.819. The van der Waals surface area contributed by atoms with Gasteiger partial charge in [0.25, 0.3) is 11.7 Å². The number of ether oxygens (including phenoxy) is 2. The highest BCUT2D eigenvalue weighted by Crippen LogP contribution is 2.44. The fourth-order valence-corrected chi connectivity index (χ4v) is 5.38. The van der Waals surface area contributed by atoms with Crippen LogP contribution in [-0.4, -0.2) is 45.1 Å². The van der Waals surface area contributed by atoms with Crippen LogP contribution in [0.5, 0.6) is 11.5 Å². The van der Waals surface area contributed by atoms with Crippen LogP contribution in [0.3, 0.4) is 0 Å². The quantitative estimate of drug-likeness (QED) is 0.275. The Balaban J connectivity index is 1.68. The molecule has 1 saturated heterocycles. The van der Waals surface area contributed by atoms with Crippen molar-refractivity contribution in [1.29, 1.82) is 0 Å². The van der Waals surface area contributed by atoms with Gasteiger partial charge in [0.05, 0.1) is 25.8 Å². The summed E-state index contributed by atoms with van der Waals surface area (Å²) in [5.74, 6) is -0.659. The molecule has 0 bridgehead atoms. The van der Waals surface area contributed by atoms with Gasteiger partial charge in [0.15, 0.2) is 11.5 Å². The summed E-state index contributed by atoms with van der Waals surface area (Å²) >= 11 is 0. The van der Waals surface area contributed by atoms with Gasteiger partial charge in [-0.05, 0) is 72.7 Å². The van der Waals surface area contributed by atoms with Crippen LogP contribution in [0.2, 0.25) is 0 Å². The zero-order valence-electron chi connectivity index (χ0n) is 22.2. The van der Waals surface area contributed by atoms with Crippen molar-refractivity contribution in [2.45, 2.75) is 31.7 Å². The lowest BCUT2D eigenvalue weighted by atomic mass is 9.88. The Morgan fingerprint density at radius 3 is 2.21 bits per heavy atom. The molecule has 7 nitrogen and oxygen atoms in total. The Morgan fingerprint density at radius 1 is 0.868 bits per heavy atom. The molecular weight excluding hydrogens is 480 g/mol. The van der Waals surface area contributed by atoms with Gasteiger partial charge >= 0.3 is 0 Å². The molecule has 1 fully saturated rings. The molecule has 3 aromatic carbocycles. The lowest BCUT2D eigenvalue weighted by molar-refractivity contribution is -0.132. The molecule has 0 radical (unpaired) electrons. The Morgan fingerprint density at radius 2 is 1.55 bits per heavy atom. The van der Waals surface area contributed by atoms with Crippen LogP contribution in [0, 0.1) is 0 Å². The van der Waals surface area contributed by atoms with Gasteiger partial charge in [-0.25, -0.2) is 0 Å². The number of methoxy groups -OCH3 is 2. The number of aliphatic hydroxyl groups is 1. The lowest BCUT2D eigenvalue weighted by Crippen LogP contribution is -2.29. The van der Waals surface area contributed by atoms with Crippen molar-refractivity contribution in [2.24, 2.45) is 0 Å². The van der Waals surface area contributed by atoms with E-state index in [-0.39, 0.29) is 11.3 Å². The van der Waals surface area contributed by atoms with E-state index in [0.29, 0.717) is 28.3 Å². The summed E-state index contributed by atoms with van der Waals surface area (Å²) in [4.78, 5) is 30.5. The number of carbonyl (C=O) groups excluding carboxylic acids is 2. The van der Waals surface area contributed by atoms with E-state index in [0.717, 1.165) is 31.4 Å². The van der Waals surface area contributed by atoms with Gasteiger partial charge in [-0.2, -0.15) is 0 Å². The number of rotatable bonds is 6. The number of fused-ring (bicyclic) bond motifs is 1. The highest BCUT2D eigenvalue weighted by atomic mass is 16.5. The summed E-state index contributed by atoms with van der Waals surface area (Å²) in [6, 6.07) is 17.7. The van der Waals surface area contributed by atoms with Crippen molar-refractivity contribution >= 4 is 28.8 Å². The normalized spacial score (nSPS) is 18.3. The molecule has 3 aromatic rings. The van der Waals surface area contributed by atoms with E-state index in [1.165, 1.54) is 30.2 Å². The number of ketones is 1. The molecule has 0 aromatic heterocycles. The van der Waals surface area contributed by atoms with Gasteiger partial charge < -0.3 is 19.5 Å². The number of anilines is 2. The molecule has 1 aliphatic carbocycles. The first-order chi connectivity index (χ1) is 18.3. The fourth-order valence-electron chi connectivity index (χ4n) is 5.38. The van der Waals surface area contributed by atoms with Gasteiger partial charge in [0, 0.05) is 37.1 Å². The van der Waals surface area contributed by atoms with E-state index in [1.807, 2.05) is 61.5 Å². The summed E-state index contributed by atoms with van der Waals surface area (Å²) in [5, 5.41) is 11.6. The van der Waals surface area contributed by atoms with Crippen molar-refractivity contribution in [1.82, 2.24) is 0 Å². The number of aliphatic hydroxyl groups excluding tert-OH is 1. The van der Waals surface area contributed by atoms with E-state index >= 15 is 0 Å². The van der Waals surface area contributed by atoms with Gasteiger partial charge in [-0.1, -0.05) is 24.3 Å². The summed E-state index contributed by atoms with van der Waals surface area (Å²) in [7, 11) is 6.94. The highest BCUT2D eigenvalue weighted by molar-refractivity contribution is 6.51. The molecule has 1 heterocycles. The largest absolute Gasteiger partial charge is 0.507 e. The average Bonchev–Trinajstić information content (AvgIpc) is 3.21. The number of nitrogens with zero attached hydrogens (tertiary/aromatic N) is 2. The third-order valence-electron chi connectivity index (χ3n) is 7.44. The molecule has 0 saturated carbocycles. The number of amides is 1. The molecule has 38 heavy (non-hydrogen) atoms. The first-order valence-electron chi connectivity index (χ1n) is 12.8. The van der Waals surface area contributed by atoms with E-state index in [9.17, 15) is 14.7 Å². The maximum atomic E-state index is 13.6. The van der Waals surface area contributed by atoms with Crippen molar-refractivity contribution in [2.75, 3.05) is 38.1 Å². The molecule has 1 N–H and O–H groups in total. The molecule has 0 spiro atoms. The molecule has 2 aliphatic rings. The molecule has 196 valence electrons. The first-order valence-corrected chi connectivity index (χ1v) is 12.8. The monoisotopic (exact) mass is 512 g/mol. The highest BCUT2D eigenvalue weighted by Gasteiger charge is 2.47. The second-order valence-corrected chi connectivity index (χ2v) is 9.88. The van der Waals surface area contributed by atoms with E-state index < -0.39 is 17.7 Å². The van der Waals surface area contributed by atoms with Crippen LogP contribution in [0.4, 0.5) is 11.4 Å². The number of benzene rings is 3. The average molecular weight is 513 g/mol. The van der Waals surface area contributed by atoms with Gasteiger partial charge in [-0.3, -0.25) is 14.5 Å². The predicted molar refractivity (Wildman–Crippen MR) is 148 cm³/mol. The number of Topliss-reactive ketones (excluding diaryl/α,β-unsaturated/α-hetero) is 1. The standard InChI is InChI=1S/C31H32N2O5/c1-32(2)23-13-11-20(12-14-23)28-27(29(34)22-10-9-19-7-5-6-8-21(19)17-22)30(35)31(36)33(28)24-15-16-25(37-3)26(18-24)38-4/h9-18,28,34H,5-8H2,1-4H3/b29-27-. The molecule has 1 aliphatic heterocycles. The second kappa shape index (κ2) is 10.2. The molecule has 1 amide bonds. The van der Waals surface area contributed by atoms with Crippen molar-refractivity contribution in [3.05, 3.63) is 88.5 Å². The molecule has 5 rings (SSSR count). The molecule has 1 atom stereocenters. The number of carbonyl (C=O) groups is 2. The maximum absolute atomic E-state index is 13.6. The van der Waals surface area contributed by atoms with Gasteiger partial charge in [-0.15, -0.1) is 0 Å². The first kappa shape index (κ1) is 25.4. The summed E-state index contributed by atoms with van der Waals surface area (Å²) < 4.78 is 10.8. The molecule has 7 heteroatoms. The Labute approximate surface area is 222 Å².